The van der Waals surface area contributed by atoms with Crippen molar-refractivity contribution in [3.8, 4) is 0 Å². The summed E-state index contributed by atoms with van der Waals surface area (Å²) in [6, 6.07) is 8.98. The second kappa shape index (κ2) is 7.13. The van der Waals surface area contributed by atoms with Crippen LogP contribution < -0.4 is 0 Å². The SMILES string of the molecule is CN(CCc1ccc(Cl)cc1)C1CCN(C(C)(C)C)CC1. The number of likely N-dealkylation sites (tertiary alicyclic amines) is 1. The maximum atomic E-state index is 5.93. The Balaban J connectivity index is 1.77. The molecule has 0 radical (unpaired) electrons. The molecule has 1 aliphatic rings. The van der Waals surface area contributed by atoms with Crippen LogP contribution >= 0.6 is 11.6 Å². The zero-order valence-corrected chi connectivity index (χ0v) is 14.7. The van der Waals surface area contributed by atoms with E-state index in [9.17, 15) is 0 Å². The van der Waals surface area contributed by atoms with E-state index in [2.05, 4.69) is 49.8 Å². The largest absolute Gasteiger partial charge is 0.303 e. The minimum absolute atomic E-state index is 0.312. The van der Waals surface area contributed by atoms with Gasteiger partial charge in [-0.2, -0.15) is 0 Å². The van der Waals surface area contributed by atoms with Crippen LogP contribution in [-0.4, -0.2) is 48.1 Å². The summed E-state index contributed by atoms with van der Waals surface area (Å²) >= 11 is 5.93. The van der Waals surface area contributed by atoms with Gasteiger partial charge in [0.1, 0.15) is 0 Å². The van der Waals surface area contributed by atoms with Crippen LogP contribution in [0.4, 0.5) is 0 Å². The third-order valence-electron chi connectivity index (χ3n) is 4.70. The molecular formula is C18H29ClN2. The fourth-order valence-electron chi connectivity index (χ4n) is 3.12. The zero-order chi connectivity index (χ0) is 15.5. The molecule has 1 aromatic rings. The normalized spacial score (nSPS) is 18.4. The lowest BCUT2D eigenvalue weighted by molar-refractivity contribution is 0.0659. The first-order chi connectivity index (χ1) is 9.86. The van der Waals surface area contributed by atoms with Crippen molar-refractivity contribution in [2.24, 2.45) is 0 Å². The van der Waals surface area contributed by atoms with Gasteiger partial charge in [-0.05, 0) is 64.8 Å². The fraction of sp³-hybridized carbons (Fsp3) is 0.667. The molecule has 0 atom stereocenters. The molecule has 1 aliphatic heterocycles. The Morgan fingerprint density at radius 3 is 2.24 bits per heavy atom. The molecule has 0 spiro atoms. The van der Waals surface area contributed by atoms with Crippen molar-refractivity contribution in [1.82, 2.24) is 9.80 Å². The summed E-state index contributed by atoms with van der Waals surface area (Å²) in [4.78, 5) is 5.14. The second-order valence-corrected chi connectivity index (χ2v) is 7.68. The van der Waals surface area contributed by atoms with E-state index in [4.69, 9.17) is 11.6 Å². The van der Waals surface area contributed by atoms with Gasteiger partial charge in [-0.25, -0.2) is 0 Å². The monoisotopic (exact) mass is 308 g/mol. The van der Waals surface area contributed by atoms with E-state index in [1.54, 1.807) is 0 Å². The smallest absolute Gasteiger partial charge is 0.0406 e. The molecule has 0 unspecified atom stereocenters. The third-order valence-corrected chi connectivity index (χ3v) is 4.95. The average Bonchev–Trinajstić information content (AvgIpc) is 2.45. The van der Waals surface area contributed by atoms with E-state index in [-0.39, 0.29) is 0 Å². The number of nitrogens with zero attached hydrogens (tertiary/aromatic N) is 2. The van der Waals surface area contributed by atoms with Crippen molar-refractivity contribution < 1.29 is 0 Å². The number of rotatable bonds is 4. The Bertz CT molecular complexity index is 428. The highest BCUT2D eigenvalue weighted by Gasteiger charge is 2.28. The highest BCUT2D eigenvalue weighted by Crippen LogP contribution is 2.22. The standard InChI is InChI=1S/C18H29ClN2/c1-18(2,3)21-13-10-17(11-14-21)20(4)12-9-15-5-7-16(19)8-6-15/h5-8,17H,9-14H2,1-4H3. The summed E-state index contributed by atoms with van der Waals surface area (Å²) in [6.07, 6.45) is 3.68. The van der Waals surface area contributed by atoms with Gasteiger partial charge in [-0.3, -0.25) is 4.90 Å². The summed E-state index contributed by atoms with van der Waals surface area (Å²) in [7, 11) is 2.27. The summed E-state index contributed by atoms with van der Waals surface area (Å²) in [5, 5.41) is 0.821. The maximum absolute atomic E-state index is 5.93. The number of hydrogen-bond donors (Lipinski definition) is 0. The summed E-state index contributed by atoms with van der Waals surface area (Å²) in [5.41, 5.74) is 1.69. The number of likely N-dealkylation sites (N-methyl/N-ethyl adjacent to an activating group) is 1. The maximum Gasteiger partial charge on any atom is 0.0406 e. The van der Waals surface area contributed by atoms with Gasteiger partial charge in [0, 0.05) is 36.2 Å². The van der Waals surface area contributed by atoms with Crippen molar-refractivity contribution in [3.05, 3.63) is 34.9 Å². The number of benzene rings is 1. The Labute approximate surface area is 135 Å². The van der Waals surface area contributed by atoms with E-state index < -0.39 is 0 Å². The van der Waals surface area contributed by atoms with Crippen LogP contribution in [0, 0.1) is 0 Å². The zero-order valence-electron chi connectivity index (χ0n) is 13.9. The van der Waals surface area contributed by atoms with Crippen LogP contribution in [0.2, 0.25) is 5.02 Å². The van der Waals surface area contributed by atoms with Crippen LogP contribution in [0.3, 0.4) is 0 Å². The molecule has 1 fully saturated rings. The predicted octanol–water partition coefficient (Wildman–Crippen LogP) is 4.08. The molecule has 1 heterocycles. The van der Waals surface area contributed by atoms with E-state index in [1.165, 1.54) is 31.5 Å². The summed E-state index contributed by atoms with van der Waals surface area (Å²) < 4.78 is 0. The lowest BCUT2D eigenvalue weighted by atomic mass is 9.97. The van der Waals surface area contributed by atoms with Crippen LogP contribution in [-0.2, 0) is 6.42 Å². The van der Waals surface area contributed by atoms with Crippen molar-refractivity contribution in [3.63, 3.8) is 0 Å². The number of halogens is 1. The Morgan fingerprint density at radius 1 is 1.14 bits per heavy atom. The fourth-order valence-corrected chi connectivity index (χ4v) is 3.24. The third kappa shape index (κ3) is 4.98. The highest BCUT2D eigenvalue weighted by molar-refractivity contribution is 6.30. The number of piperidine rings is 1. The van der Waals surface area contributed by atoms with Crippen LogP contribution in [0.15, 0.2) is 24.3 Å². The van der Waals surface area contributed by atoms with E-state index >= 15 is 0 Å². The minimum atomic E-state index is 0.312. The van der Waals surface area contributed by atoms with Gasteiger partial charge in [0.05, 0.1) is 0 Å². The van der Waals surface area contributed by atoms with Gasteiger partial charge in [0.2, 0.25) is 0 Å². The molecule has 0 N–H and O–H groups in total. The van der Waals surface area contributed by atoms with Crippen molar-refractivity contribution in [1.29, 1.82) is 0 Å². The molecule has 21 heavy (non-hydrogen) atoms. The molecule has 0 amide bonds. The van der Waals surface area contributed by atoms with E-state index in [1.807, 2.05) is 12.1 Å². The Morgan fingerprint density at radius 2 is 1.71 bits per heavy atom. The topological polar surface area (TPSA) is 6.48 Å². The van der Waals surface area contributed by atoms with Gasteiger partial charge in [-0.15, -0.1) is 0 Å². The highest BCUT2D eigenvalue weighted by atomic mass is 35.5. The Hall–Kier alpha value is -0.570. The predicted molar refractivity (Wildman–Crippen MR) is 92.1 cm³/mol. The van der Waals surface area contributed by atoms with Gasteiger partial charge in [0.25, 0.3) is 0 Å². The first-order valence-corrected chi connectivity index (χ1v) is 8.44. The molecule has 1 saturated heterocycles. The molecular weight excluding hydrogens is 280 g/mol. The van der Waals surface area contributed by atoms with Crippen molar-refractivity contribution in [2.75, 3.05) is 26.7 Å². The van der Waals surface area contributed by atoms with Gasteiger partial charge in [-0.1, -0.05) is 23.7 Å². The van der Waals surface area contributed by atoms with Crippen molar-refractivity contribution >= 4 is 11.6 Å². The van der Waals surface area contributed by atoms with E-state index in [0.717, 1.165) is 24.0 Å². The van der Waals surface area contributed by atoms with Gasteiger partial charge in [0.15, 0.2) is 0 Å². The molecule has 1 aromatic carbocycles. The van der Waals surface area contributed by atoms with Gasteiger partial charge >= 0.3 is 0 Å². The average molecular weight is 309 g/mol. The van der Waals surface area contributed by atoms with Crippen LogP contribution in [0.5, 0.6) is 0 Å². The first kappa shape index (κ1) is 16.8. The quantitative estimate of drug-likeness (QED) is 0.827. The van der Waals surface area contributed by atoms with E-state index in [0.29, 0.717) is 5.54 Å². The molecule has 118 valence electrons. The van der Waals surface area contributed by atoms with Crippen LogP contribution in [0.1, 0.15) is 39.2 Å². The Kier molecular flexibility index (Phi) is 5.70. The molecule has 2 rings (SSSR count). The molecule has 0 aliphatic carbocycles. The minimum Gasteiger partial charge on any atom is -0.303 e. The second-order valence-electron chi connectivity index (χ2n) is 7.25. The van der Waals surface area contributed by atoms with Crippen LogP contribution in [0.25, 0.3) is 0 Å². The molecule has 2 nitrogen and oxygen atoms in total. The molecule has 0 saturated carbocycles. The molecule has 0 aromatic heterocycles. The molecule has 0 bridgehead atoms. The summed E-state index contributed by atoms with van der Waals surface area (Å²) in [5.74, 6) is 0. The van der Waals surface area contributed by atoms with Crippen molar-refractivity contribution in [2.45, 2.75) is 51.6 Å². The molecule has 3 heteroatoms. The number of hydrogen-bond acceptors (Lipinski definition) is 2. The first-order valence-electron chi connectivity index (χ1n) is 8.06. The van der Waals surface area contributed by atoms with Gasteiger partial charge < -0.3 is 4.90 Å². The lowest BCUT2D eigenvalue weighted by Crippen LogP contribution is -2.50. The lowest BCUT2D eigenvalue weighted by Gasteiger charge is -2.43. The summed E-state index contributed by atoms with van der Waals surface area (Å²) in [6.45, 7) is 10.5.